The summed E-state index contributed by atoms with van der Waals surface area (Å²) in [5, 5.41) is 13.1. The van der Waals surface area contributed by atoms with Gasteiger partial charge in [0, 0.05) is 40.5 Å². The summed E-state index contributed by atoms with van der Waals surface area (Å²) >= 11 is 1.73. The maximum absolute atomic E-state index is 15.2. The van der Waals surface area contributed by atoms with Crippen molar-refractivity contribution >= 4 is 26.5 Å². The van der Waals surface area contributed by atoms with E-state index < -0.39 is 5.41 Å². The topological polar surface area (TPSA) is 58.4 Å². The number of aryl methyl sites for hydroxylation is 2. The van der Waals surface area contributed by atoms with Crippen LogP contribution in [-0.2, 0) is 29.7 Å². The van der Waals surface area contributed by atoms with E-state index in [4.69, 9.17) is 0 Å². The van der Waals surface area contributed by atoms with Crippen LogP contribution in [0.3, 0.4) is 0 Å². The number of nitrogens with zero attached hydrogens (tertiary/aromatic N) is 3. The van der Waals surface area contributed by atoms with Crippen LogP contribution in [-0.4, -0.2) is 32.2 Å². The molecule has 0 radical (unpaired) electrons. The smallest absolute Gasteiger partial charge is 0.246 e. The minimum Gasteiger partial charge on any atom is -0.508 e. The van der Waals surface area contributed by atoms with Crippen molar-refractivity contribution in [3.8, 4) is 16.9 Å². The van der Waals surface area contributed by atoms with Crippen LogP contribution in [0.15, 0.2) is 43.1 Å². The average Bonchev–Trinajstić information content (AvgIpc) is 3.41. The molecule has 0 spiro atoms. The fourth-order valence-corrected chi connectivity index (χ4v) is 5.84. The van der Waals surface area contributed by atoms with E-state index >= 15 is 4.39 Å². The fraction of sp³-hybridized carbons (Fsp3) is 0.360. The second kappa shape index (κ2) is 9.03. The maximum Gasteiger partial charge on any atom is 0.246 e. The van der Waals surface area contributed by atoms with E-state index in [1.54, 1.807) is 33.1 Å². The molecule has 1 aliphatic rings. The van der Waals surface area contributed by atoms with Crippen molar-refractivity contribution < 1.29 is 14.3 Å². The highest BCUT2D eigenvalue weighted by atomic mass is 32.1. The highest BCUT2D eigenvalue weighted by molar-refractivity contribution is 7.18. The first-order chi connectivity index (χ1) is 15.7. The Balaban J connectivity index is 1.93. The number of fused-ring (bicyclic) bond motifs is 1. The molecule has 1 N–H and O–H groups in total. The van der Waals surface area contributed by atoms with Gasteiger partial charge in [-0.05, 0) is 61.2 Å². The Hall–Kier alpha value is -2.50. The van der Waals surface area contributed by atoms with Crippen molar-refractivity contribution in [2.45, 2.75) is 51.6 Å². The van der Waals surface area contributed by atoms with Crippen molar-refractivity contribution in [3.63, 3.8) is 0 Å². The molecule has 1 aliphatic heterocycles. The van der Waals surface area contributed by atoms with E-state index in [-0.39, 0.29) is 17.6 Å². The Kier molecular flexibility index (Phi) is 6.47. The first kappa shape index (κ1) is 23.7. The Morgan fingerprint density at radius 1 is 1.36 bits per heavy atom. The monoisotopic (exact) mass is 485 g/mol. The SMILES string of the molecule is C=CC(=O)N1Cc2sc(CC)cc2C(c2ccc(O)cc2-c2cn(CC)nc2C(C)(F)P)C1. The van der Waals surface area contributed by atoms with Gasteiger partial charge in [-0.25, -0.2) is 4.39 Å². The lowest BCUT2D eigenvalue weighted by Gasteiger charge is -2.33. The number of benzene rings is 1. The number of rotatable bonds is 6. The van der Waals surface area contributed by atoms with E-state index in [1.807, 2.05) is 19.2 Å². The zero-order chi connectivity index (χ0) is 23.9. The third-order valence-corrected chi connectivity index (χ3v) is 7.64. The van der Waals surface area contributed by atoms with Crippen LogP contribution in [0.4, 0.5) is 4.39 Å². The Bertz CT molecular complexity index is 1210. The minimum absolute atomic E-state index is 0.0999. The summed E-state index contributed by atoms with van der Waals surface area (Å²) in [6.07, 6.45) is 4.10. The number of phenols is 1. The van der Waals surface area contributed by atoms with Gasteiger partial charge in [-0.3, -0.25) is 9.48 Å². The van der Waals surface area contributed by atoms with Gasteiger partial charge < -0.3 is 10.0 Å². The lowest BCUT2D eigenvalue weighted by Crippen LogP contribution is -2.37. The summed E-state index contributed by atoms with van der Waals surface area (Å²) in [5.74, 6) is -0.126. The molecule has 2 aromatic heterocycles. The second-order valence-corrected chi connectivity index (χ2v) is 10.8. The molecule has 0 saturated carbocycles. The van der Waals surface area contributed by atoms with Crippen LogP contribution in [0, 0.1) is 0 Å². The third-order valence-electron chi connectivity index (χ3n) is 6.09. The Morgan fingerprint density at radius 2 is 2.12 bits per heavy atom. The molecule has 3 aromatic rings. The van der Waals surface area contributed by atoms with Crippen molar-refractivity contribution in [1.29, 1.82) is 0 Å². The second-order valence-electron chi connectivity index (χ2n) is 8.51. The number of hydrogen-bond donors (Lipinski definition) is 1. The summed E-state index contributed by atoms with van der Waals surface area (Å²) < 4.78 is 16.9. The highest BCUT2D eigenvalue weighted by Crippen LogP contribution is 2.45. The van der Waals surface area contributed by atoms with E-state index in [0.717, 1.165) is 22.4 Å². The summed E-state index contributed by atoms with van der Waals surface area (Å²) in [4.78, 5) is 16.8. The molecule has 8 heteroatoms. The molecule has 4 rings (SSSR count). The van der Waals surface area contributed by atoms with Crippen LogP contribution < -0.4 is 0 Å². The standard InChI is InChI=1S/C25H29FN3O2PS/c1-5-16-11-19-20(12-28(23(31)6-2)14-22(19)33-16)17-9-8-15(30)10-18(17)21-13-29(7-3)27-24(21)25(4,26)32/h6,8-11,13,20,30H,2,5,7,12,14,32H2,1,3-4H3. The number of aromatic nitrogens is 2. The lowest BCUT2D eigenvalue weighted by molar-refractivity contribution is -0.127. The van der Waals surface area contributed by atoms with E-state index in [2.05, 4.69) is 33.9 Å². The largest absolute Gasteiger partial charge is 0.508 e. The maximum atomic E-state index is 15.2. The predicted octanol–water partition coefficient (Wildman–Crippen LogP) is 5.58. The number of aromatic hydroxyl groups is 1. The summed E-state index contributed by atoms with van der Waals surface area (Å²) in [6, 6.07) is 7.44. The van der Waals surface area contributed by atoms with E-state index in [1.165, 1.54) is 23.4 Å². The molecule has 1 aromatic carbocycles. The summed E-state index contributed by atoms with van der Waals surface area (Å²) in [6.45, 7) is 10.8. The number of alkyl halides is 1. The van der Waals surface area contributed by atoms with E-state index in [0.29, 0.717) is 30.9 Å². The van der Waals surface area contributed by atoms with Gasteiger partial charge in [-0.1, -0.05) is 28.8 Å². The Labute approximate surface area is 200 Å². The summed E-state index contributed by atoms with van der Waals surface area (Å²) in [5.41, 5.74) is 3.79. The zero-order valence-corrected chi connectivity index (χ0v) is 21.1. The first-order valence-corrected chi connectivity index (χ1v) is 12.5. The quantitative estimate of drug-likeness (QED) is 0.367. The van der Waals surface area contributed by atoms with Gasteiger partial charge >= 0.3 is 0 Å². The Morgan fingerprint density at radius 3 is 2.76 bits per heavy atom. The normalized spacial score (nSPS) is 17.5. The molecule has 3 heterocycles. The van der Waals surface area contributed by atoms with Gasteiger partial charge in [0.05, 0.1) is 6.54 Å². The van der Waals surface area contributed by atoms with Crippen molar-refractivity contribution in [2.75, 3.05) is 6.54 Å². The number of carbonyl (C=O) groups is 1. The lowest BCUT2D eigenvalue weighted by atomic mass is 9.83. The molecular formula is C25H29FN3O2PS. The molecule has 3 atom stereocenters. The van der Waals surface area contributed by atoms with Crippen molar-refractivity contribution in [1.82, 2.24) is 14.7 Å². The average molecular weight is 486 g/mol. The van der Waals surface area contributed by atoms with Gasteiger partial charge in [0.15, 0.2) is 5.41 Å². The molecular weight excluding hydrogens is 456 g/mol. The highest BCUT2D eigenvalue weighted by Gasteiger charge is 2.34. The first-order valence-electron chi connectivity index (χ1n) is 11.1. The molecule has 0 fully saturated rings. The third kappa shape index (κ3) is 4.49. The number of hydrogen-bond acceptors (Lipinski definition) is 4. The van der Waals surface area contributed by atoms with Gasteiger partial charge in [-0.2, -0.15) is 5.10 Å². The number of thiophene rings is 1. The summed E-state index contributed by atoms with van der Waals surface area (Å²) in [7, 11) is 2.22. The zero-order valence-electron chi connectivity index (χ0n) is 19.1. The predicted molar refractivity (Wildman–Crippen MR) is 134 cm³/mol. The van der Waals surface area contributed by atoms with Gasteiger partial charge in [0.2, 0.25) is 5.91 Å². The van der Waals surface area contributed by atoms with Gasteiger partial charge in [0.1, 0.15) is 11.4 Å². The molecule has 33 heavy (non-hydrogen) atoms. The van der Waals surface area contributed by atoms with Crippen LogP contribution in [0.1, 0.15) is 53.3 Å². The molecule has 0 bridgehead atoms. The number of carbonyl (C=O) groups excluding carboxylic acids is 1. The molecule has 3 unspecified atom stereocenters. The van der Waals surface area contributed by atoms with Crippen molar-refractivity contribution in [3.05, 3.63) is 69.7 Å². The van der Waals surface area contributed by atoms with Crippen molar-refractivity contribution in [2.24, 2.45) is 0 Å². The molecule has 0 aliphatic carbocycles. The number of amides is 1. The molecule has 5 nitrogen and oxygen atoms in total. The van der Waals surface area contributed by atoms with Gasteiger partial charge in [-0.15, -0.1) is 11.3 Å². The molecule has 1 amide bonds. The molecule has 174 valence electrons. The van der Waals surface area contributed by atoms with Crippen LogP contribution in [0.5, 0.6) is 5.75 Å². The van der Waals surface area contributed by atoms with Gasteiger partial charge in [0.25, 0.3) is 0 Å². The van der Waals surface area contributed by atoms with Crippen LogP contribution in [0.25, 0.3) is 11.1 Å². The fourth-order valence-electron chi connectivity index (χ4n) is 4.44. The number of phenolic OH excluding ortho intramolecular Hbond substituents is 1. The van der Waals surface area contributed by atoms with Crippen LogP contribution in [0.2, 0.25) is 0 Å². The minimum atomic E-state index is -1.74. The van der Waals surface area contributed by atoms with E-state index in [9.17, 15) is 9.90 Å². The molecule has 0 saturated heterocycles. The number of halogens is 1. The van der Waals surface area contributed by atoms with Crippen LogP contribution >= 0.6 is 20.6 Å².